The molecule has 0 heterocycles. The Kier molecular flexibility index (Phi) is 56.8. The zero-order chi connectivity index (χ0) is 51.4. The van der Waals surface area contributed by atoms with E-state index in [0.717, 1.165) is 103 Å². The highest BCUT2D eigenvalue weighted by Crippen LogP contribution is 2.17. The molecule has 410 valence electrons. The Morgan fingerprint density at radius 1 is 0.296 bits per heavy atom. The summed E-state index contributed by atoms with van der Waals surface area (Å²) in [7, 11) is 0. The molecule has 6 nitrogen and oxygen atoms in total. The fraction of sp³-hybridized carbons (Fsp3) is 0.769. The lowest BCUT2D eigenvalue weighted by molar-refractivity contribution is -0.167. The van der Waals surface area contributed by atoms with Gasteiger partial charge >= 0.3 is 17.9 Å². The predicted octanol–water partition coefficient (Wildman–Crippen LogP) is 20.5. The standard InChI is InChI=1S/C65H114O6/c1-4-7-10-13-16-19-22-25-27-29-30-31-32-33-34-35-36-37-39-40-43-46-49-52-55-58-64(67)70-61-62(60-69-63(66)57-54-51-48-45-42-24-21-18-15-12-9-6-3)71-65(68)59-56-53-50-47-44-41-38-28-26-23-20-17-14-11-8-5-2/h7,10,16,19,25,27,30-31,33-34,36-37,62H,4-6,8-9,11-15,17-18,20-24,26,28-29,32,35,38-61H2,1-3H3/b10-7-,19-16-,27-25-,31-30-,34-33-,37-36-. The highest BCUT2D eigenvalue weighted by Gasteiger charge is 2.19. The second-order valence-electron chi connectivity index (χ2n) is 20.2. The van der Waals surface area contributed by atoms with E-state index in [4.69, 9.17) is 14.2 Å². The van der Waals surface area contributed by atoms with E-state index in [1.165, 1.54) is 161 Å². The normalized spacial score (nSPS) is 12.5. The molecule has 0 fully saturated rings. The van der Waals surface area contributed by atoms with Crippen LogP contribution in [-0.4, -0.2) is 37.2 Å². The first-order valence-corrected chi connectivity index (χ1v) is 30.4. The summed E-state index contributed by atoms with van der Waals surface area (Å²) in [5.41, 5.74) is 0. The molecule has 71 heavy (non-hydrogen) atoms. The van der Waals surface area contributed by atoms with E-state index < -0.39 is 6.10 Å². The quantitative estimate of drug-likeness (QED) is 0.0261. The van der Waals surface area contributed by atoms with Crippen LogP contribution >= 0.6 is 0 Å². The van der Waals surface area contributed by atoms with Crippen molar-refractivity contribution >= 4 is 17.9 Å². The molecule has 0 bridgehead atoms. The van der Waals surface area contributed by atoms with Gasteiger partial charge in [-0.1, -0.05) is 286 Å². The molecule has 0 N–H and O–H groups in total. The molecule has 1 atom stereocenters. The summed E-state index contributed by atoms with van der Waals surface area (Å²) < 4.78 is 16.9. The molecule has 0 radical (unpaired) electrons. The zero-order valence-corrected chi connectivity index (χ0v) is 47.0. The average Bonchev–Trinajstić information content (AvgIpc) is 3.37. The third-order valence-electron chi connectivity index (χ3n) is 13.2. The number of hydrogen-bond acceptors (Lipinski definition) is 6. The smallest absolute Gasteiger partial charge is 0.306 e. The van der Waals surface area contributed by atoms with Gasteiger partial charge in [-0.05, 0) is 70.6 Å². The number of carbonyl (C=O) groups excluding carboxylic acids is 3. The van der Waals surface area contributed by atoms with Gasteiger partial charge < -0.3 is 14.2 Å². The molecule has 0 spiro atoms. The maximum atomic E-state index is 12.9. The Labute approximate surface area is 440 Å². The van der Waals surface area contributed by atoms with Crippen LogP contribution in [-0.2, 0) is 28.6 Å². The molecule has 0 aliphatic heterocycles. The van der Waals surface area contributed by atoms with Crippen LogP contribution in [0.1, 0.15) is 303 Å². The van der Waals surface area contributed by atoms with Crippen molar-refractivity contribution in [3.8, 4) is 0 Å². The number of unbranched alkanes of at least 4 members (excludes halogenated alkanes) is 32. The highest BCUT2D eigenvalue weighted by molar-refractivity contribution is 5.71. The maximum Gasteiger partial charge on any atom is 0.306 e. The molecule has 0 saturated carbocycles. The van der Waals surface area contributed by atoms with Crippen LogP contribution in [0, 0.1) is 0 Å². The van der Waals surface area contributed by atoms with Gasteiger partial charge in [0.1, 0.15) is 13.2 Å². The van der Waals surface area contributed by atoms with Crippen LogP contribution < -0.4 is 0 Å². The molecule has 0 rings (SSSR count). The molecular formula is C65H114O6. The lowest BCUT2D eigenvalue weighted by Crippen LogP contribution is -2.30. The van der Waals surface area contributed by atoms with Crippen LogP contribution in [0.25, 0.3) is 0 Å². The Morgan fingerprint density at radius 3 is 0.859 bits per heavy atom. The van der Waals surface area contributed by atoms with Gasteiger partial charge in [-0.15, -0.1) is 0 Å². The second kappa shape index (κ2) is 59.4. The minimum atomic E-state index is -0.778. The Morgan fingerprint density at radius 2 is 0.549 bits per heavy atom. The molecule has 0 saturated heterocycles. The van der Waals surface area contributed by atoms with E-state index in [0.29, 0.717) is 19.3 Å². The lowest BCUT2D eigenvalue weighted by atomic mass is 10.0. The SMILES string of the molecule is CC/C=C\C/C=C\C/C=C\C/C=C\C/C=C\C/C=C\CCCCCCCCC(=O)OCC(COC(=O)CCCCCCCCCCCCCC)OC(=O)CCCCCCCCCCCCCCCCCC. The van der Waals surface area contributed by atoms with Crippen LogP contribution in [0.5, 0.6) is 0 Å². The Bertz CT molecular complexity index is 1320. The highest BCUT2D eigenvalue weighted by atomic mass is 16.6. The first kappa shape index (κ1) is 67.8. The fourth-order valence-corrected chi connectivity index (χ4v) is 8.68. The molecule has 1 unspecified atom stereocenters. The van der Waals surface area contributed by atoms with Gasteiger partial charge in [0.15, 0.2) is 6.10 Å². The third kappa shape index (κ3) is 57.6. The van der Waals surface area contributed by atoms with E-state index >= 15 is 0 Å². The van der Waals surface area contributed by atoms with Gasteiger partial charge in [0.2, 0.25) is 0 Å². The van der Waals surface area contributed by atoms with Crippen molar-refractivity contribution in [1.29, 1.82) is 0 Å². The number of hydrogen-bond donors (Lipinski definition) is 0. The summed E-state index contributed by atoms with van der Waals surface area (Å²) >= 11 is 0. The van der Waals surface area contributed by atoms with Crippen molar-refractivity contribution in [1.82, 2.24) is 0 Å². The fourth-order valence-electron chi connectivity index (χ4n) is 8.68. The molecule has 0 aliphatic rings. The molecule has 0 aromatic heterocycles. The number of rotatable bonds is 55. The molecular weight excluding hydrogens is 877 g/mol. The summed E-state index contributed by atoms with van der Waals surface area (Å²) in [5, 5.41) is 0. The number of allylic oxidation sites excluding steroid dienone is 12. The molecule has 6 heteroatoms. The summed E-state index contributed by atoms with van der Waals surface area (Å²) in [6, 6.07) is 0. The minimum Gasteiger partial charge on any atom is -0.462 e. The van der Waals surface area contributed by atoms with Crippen molar-refractivity contribution in [2.45, 2.75) is 309 Å². The number of carbonyl (C=O) groups is 3. The first-order valence-electron chi connectivity index (χ1n) is 30.4. The van der Waals surface area contributed by atoms with Gasteiger partial charge in [0, 0.05) is 19.3 Å². The van der Waals surface area contributed by atoms with Crippen molar-refractivity contribution in [3.05, 3.63) is 72.9 Å². The van der Waals surface area contributed by atoms with Crippen LogP contribution in [0.4, 0.5) is 0 Å². The van der Waals surface area contributed by atoms with E-state index in [1.54, 1.807) is 0 Å². The van der Waals surface area contributed by atoms with Gasteiger partial charge in [-0.25, -0.2) is 0 Å². The topological polar surface area (TPSA) is 78.9 Å². The summed E-state index contributed by atoms with van der Waals surface area (Å²) in [6.45, 7) is 6.54. The monoisotopic (exact) mass is 991 g/mol. The molecule has 0 aliphatic carbocycles. The van der Waals surface area contributed by atoms with Crippen molar-refractivity contribution in [2.75, 3.05) is 13.2 Å². The van der Waals surface area contributed by atoms with Crippen molar-refractivity contribution in [3.63, 3.8) is 0 Å². The number of esters is 3. The van der Waals surface area contributed by atoms with Crippen LogP contribution in [0.15, 0.2) is 72.9 Å². The van der Waals surface area contributed by atoms with E-state index in [9.17, 15) is 14.4 Å². The largest absolute Gasteiger partial charge is 0.462 e. The Balaban J connectivity index is 4.32. The third-order valence-corrected chi connectivity index (χ3v) is 13.2. The predicted molar refractivity (Wildman–Crippen MR) is 307 cm³/mol. The first-order chi connectivity index (χ1) is 35.0. The average molecular weight is 992 g/mol. The van der Waals surface area contributed by atoms with Crippen LogP contribution in [0.3, 0.4) is 0 Å². The van der Waals surface area contributed by atoms with Gasteiger partial charge in [0.05, 0.1) is 0 Å². The lowest BCUT2D eigenvalue weighted by Gasteiger charge is -2.18. The maximum absolute atomic E-state index is 12.9. The zero-order valence-electron chi connectivity index (χ0n) is 47.0. The summed E-state index contributed by atoms with van der Waals surface area (Å²) in [5.74, 6) is -0.877. The van der Waals surface area contributed by atoms with E-state index in [1.807, 2.05) is 0 Å². The van der Waals surface area contributed by atoms with E-state index in [2.05, 4.69) is 93.7 Å². The van der Waals surface area contributed by atoms with E-state index in [-0.39, 0.29) is 31.1 Å². The van der Waals surface area contributed by atoms with Gasteiger partial charge in [0.25, 0.3) is 0 Å². The Hall–Kier alpha value is -3.15. The second-order valence-corrected chi connectivity index (χ2v) is 20.2. The van der Waals surface area contributed by atoms with Crippen molar-refractivity contribution < 1.29 is 28.6 Å². The summed E-state index contributed by atoms with van der Waals surface area (Å²) in [4.78, 5) is 38.2. The minimum absolute atomic E-state index is 0.0758. The van der Waals surface area contributed by atoms with Gasteiger partial charge in [-0.2, -0.15) is 0 Å². The summed E-state index contributed by atoms with van der Waals surface area (Å²) in [6.07, 6.45) is 76.1. The van der Waals surface area contributed by atoms with Crippen molar-refractivity contribution in [2.24, 2.45) is 0 Å². The van der Waals surface area contributed by atoms with Gasteiger partial charge in [-0.3, -0.25) is 14.4 Å². The number of ether oxygens (including phenoxy) is 3. The molecule has 0 amide bonds. The molecule has 0 aromatic rings. The van der Waals surface area contributed by atoms with Crippen LogP contribution in [0.2, 0.25) is 0 Å². The molecule has 0 aromatic carbocycles.